The first-order valence-corrected chi connectivity index (χ1v) is 14.5. The number of furan rings is 1. The Morgan fingerprint density at radius 3 is 1.60 bits per heavy atom. The van der Waals surface area contributed by atoms with Crippen LogP contribution >= 0.6 is 0 Å². The van der Waals surface area contributed by atoms with Crippen LogP contribution < -0.4 is 0 Å². The van der Waals surface area contributed by atoms with Crippen LogP contribution in [0.2, 0.25) is 0 Å². The predicted octanol–water partition coefficient (Wildman–Crippen LogP) is 12.6. The highest BCUT2D eigenvalue weighted by Crippen LogP contribution is 2.44. The summed E-state index contributed by atoms with van der Waals surface area (Å²) in [6, 6.07) is 28.0. The number of rotatable bonds is 4. The molecule has 9 rings (SSSR count). The van der Waals surface area contributed by atoms with Crippen LogP contribution in [0.3, 0.4) is 0 Å². The van der Waals surface area contributed by atoms with Crippen molar-refractivity contribution in [1.82, 2.24) is 0 Å². The highest BCUT2D eigenvalue weighted by molar-refractivity contribution is 6.21. The molecule has 0 radical (unpaired) electrons. The van der Waals surface area contributed by atoms with E-state index in [1.54, 1.807) is 0 Å². The molecule has 0 aliphatic heterocycles. The van der Waals surface area contributed by atoms with Crippen molar-refractivity contribution in [3.63, 3.8) is 0 Å². The standard InChI is InChI=1S/C44H28O/c1-2-11-29(12-3-1)32-13-10-14-34(27-32)44-38-18-6-4-16-36(38)43(37-17-5-7-19-39(37)44)31-23-21-30(22-24-31)33-25-26-42-40(28-33)35-15-8-9-20-41(35)45-42/h1-28H/i8D,9D,15D,20D,21D,22D,23D,24D,25D,26D,28D. The zero-order valence-electron chi connectivity index (χ0n) is 34.7. The molecule has 1 heteroatoms. The van der Waals surface area contributed by atoms with Crippen molar-refractivity contribution in [3.05, 3.63) is 170 Å². The molecular formula is C44H28O. The van der Waals surface area contributed by atoms with Crippen LogP contribution in [-0.4, -0.2) is 0 Å². The van der Waals surface area contributed by atoms with Crippen molar-refractivity contribution in [2.45, 2.75) is 0 Å². The van der Waals surface area contributed by atoms with Gasteiger partial charge in [0.1, 0.15) is 11.2 Å². The molecule has 0 N–H and O–H groups in total. The Hall–Kier alpha value is -5.92. The maximum absolute atomic E-state index is 9.45. The predicted molar refractivity (Wildman–Crippen MR) is 190 cm³/mol. The lowest BCUT2D eigenvalue weighted by molar-refractivity contribution is 0.669. The molecule has 0 atom stereocenters. The number of fused-ring (bicyclic) bond motifs is 5. The van der Waals surface area contributed by atoms with Gasteiger partial charge in [0.05, 0.1) is 15.1 Å². The normalized spacial score (nSPS) is 15.0. The molecule has 1 nitrogen and oxygen atoms in total. The topological polar surface area (TPSA) is 13.1 Å². The zero-order chi connectivity index (χ0) is 39.3. The van der Waals surface area contributed by atoms with Gasteiger partial charge >= 0.3 is 0 Å². The quantitative estimate of drug-likeness (QED) is 0.188. The lowest BCUT2D eigenvalue weighted by Crippen LogP contribution is -1.91. The van der Waals surface area contributed by atoms with Crippen molar-refractivity contribution in [2.75, 3.05) is 0 Å². The van der Waals surface area contributed by atoms with E-state index in [-0.39, 0.29) is 38.6 Å². The van der Waals surface area contributed by atoms with Crippen LogP contribution in [0.15, 0.2) is 174 Å². The molecule has 1 heterocycles. The molecule has 0 unspecified atom stereocenters. The Bertz CT molecular complexity index is 3070. The molecule has 0 spiro atoms. The van der Waals surface area contributed by atoms with Crippen LogP contribution in [0.1, 0.15) is 15.1 Å². The molecule has 9 aromatic rings. The SMILES string of the molecule is [2H]c1c([2H])c(-c2c3ccccc3c(-c3cccc(-c4ccccc4)c3)c3ccccc23)c([2H])c([2H])c1-c1c([2H])c([2H])c2oc3c([2H])c([2H])c([2H])c([2H])c3c2c1[2H]. The second kappa shape index (κ2) is 10.4. The molecule has 210 valence electrons. The molecule has 0 amide bonds. The van der Waals surface area contributed by atoms with E-state index in [0.717, 1.165) is 33.0 Å². The summed E-state index contributed by atoms with van der Waals surface area (Å²) < 4.78 is 104. The van der Waals surface area contributed by atoms with Gasteiger partial charge in [-0.05, 0) is 90.2 Å². The zero-order valence-corrected chi connectivity index (χ0v) is 23.7. The molecule has 8 aromatic carbocycles. The summed E-state index contributed by atoms with van der Waals surface area (Å²) in [6.45, 7) is 0. The summed E-state index contributed by atoms with van der Waals surface area (Å²) in [5.74, 6) is 0. The summed E-state index contributed by atoms with van der Waals surface area (Å²) in [7, 11) is 0. The minimum atomic E-state index is -0.594. The Morgan fingerprint density at radius 2 is 0.889 bits per heavy atom. The van der Waals surface area contributed by atoms with Gasteiger partial charge in [0, 0.05) is 10.8 Å². The Kier molecular flexibility index (Phi) is 3.87. The first-order valence-electron chi connectivity index (χ1n) is 20.0. The monoisotopic (exact) mass is 583 g/mol. The van der Waals surface area contributed by atoms with E-state index in [4.69, 9.17) is 12.6 Å². The molecule has 45 heavy (non-hydrogen) atoms. The van der Waals surface area contributed by atoms with Crippen molar-refractivity contribution >= 4 is 43.5 Å². The second-order valence-corrected chi connectivity index (χ2v) is 10.8. The Labute approximate surface area is 277 Å². The van der Waals surface area contributed by atoms with Crippen LogP contribution in [0.25, 0.3) is 88.0 Å². The van der Waals surface area contributed by atoms with Crippen LogP contribution in [0.5, 0.6) is 0 Å². The summed E-state index contributed by atoms with van der Waals surface area (Å²) >= 11 is 0. The lowest BCUT2D eigenvalue weighted by atomic mass is 9.85. The van der Waals surface area contributed by atoms with Crippen molar-refractivity contribution < 1.29 is 19.5 Å². The van der Waals surface area contributed by atoms with Crippen LogP contribution in [0.4, 0.5) is 0 Å². The van der Waals surface area contributed by atoms with Gasteiger partial charge in [-0.3, -0.25) is 0 Å². The van der Waals surface area contributed by atoms with Crippen LogP contribution in [-0.2, 0) is 0 Å². The maximum Gasteiger partial charge on any atom is 0.135 e. The van der Waals surface area contributed by atoms with Gasteiger partial charge in [-0.15, -0.1) is 0 Å². The van der Waals surface area contributed by atoms with Gasteiger partial charge in [-0.25, -0.2) is 0 Å². The largest absolute Gasteiger partial charge is 0.456 e. The molecule has 0 fully saturated rings. The summed E-state index contributed by atoms with van der Waals surface area (Å²) in [5.41, 5.74) is 3.22. The number of hydrogen-bond donors (Lipinski definition) is 0. The van der Waals surface area contributed by atoms with E-state index in [1.807, 2.05) is 78.9 Å². The lowest BCUT2D eigenvalue weighted by Gasteiger charge is -2.18. The van der Waals surface area contributed by atoms with Gasteiger partial charge in [0.2, 0.25) is 0 Å². The fraction of sp³-hybridized carbons (Fsp3) is 0. The van der Waals surface area contributed by atoms with Gasteiger partial charge < -0.3 is 4.42 Å². The molecule has 0 saturated heterocycles. The van der Waals surface area contributed by atoms with Gasteiger partial charge in [0.25, 0.3) is 0 Å². The van der Waals surface area contributed by atoms with E-state index in [2.05, 4.69) is 24.3 Å². The molecule has 0 aliphatic rings. The summed E-state index contributed by atoms with van der Waals surface area (Å²) in [6.07, 6.45) is 0. The first kappa shape index (κ1) is 16.8. The van der Waals surface area contributed by atoms with E-state index in [9.17, 15) is 6.85 Å². The van der Waals surface area contributed by atoms with Gasteiger partial charge in [-0.1, -0.05) is 145 Å². The Morgan fingerprint density at radius 1 is 0.356 bits per heavy atom. The number of hydrogen-bond acceptors (Lipinski definition) is 1. The van der Waals surface area contributed by atoms with E-state index in [1.165, 1.54) is 0 Å². The van der Waals surface area contributed by atoms with Crippen molar-refractivity contribution in [1.29, 1.82) is 0 Å². The minimum Gasteiger partial charge on any atom is -0.456 e. The highest BCUT2D eigenvalue weighted by Gasteiger charge is 2.17. The van der Waals surface area contributed by atoms with Gasteiger partial charge in [0.15, 0.2) is 0 Å². The van der Waals surface area contributed by atoms with Crippen LogP contribution in [0, 0.1) is 0 Å². The minimum absolute atomic E-state index is 0.0360. The van der Waals surface area contributed by atoms with E-state index in [0.29, 0.717) is 16.3 Å². The summed E-state index contributed by atoms with van der Waals surface area (Å²) in [4.78, 5) is 0. The number of benzene rings is 8. The smallest absolute Gasteiger partial charge is 0.135 e. The number of para-hydroxylation sites is 1. The van der Waals surface area contributed by atoms with Crippen molar-refractivity contribution in [2.24, 2.45) is 0 Å². The molecule has 0 aliphatic carbocycles. The van der Waals surface area contributed by atoms with E-state index >= 15 is 0 Å². The molecular weight excluding hydrogens is 544 g/mol. The third-order valence-corrected chi connectivity index (χ3v) is 8.20. The maximum atomic E-state index is 9.45. The first-order chi connectivity index (χ1) is 26.9. The Balaban J connectivity index is 1.33. The molecule has 0 bridgehead atoms. The third-order valence-electron chi connectivity index (χ3n) is 8.20. The average molecular weight is 584 g/mol. The molecule has 1 aromatic heterocycles. The fourth-order valence-electron chi connectivity index (χ4n) is 6.18. The third kappa shape index (κ3) is 4.24. The van der Waals surface area contributed by atoms with E-state index < -0.39 is 66.5 Å². The van der Waals surface area contributed by atoms with Gasteiger partial charge in [-0.2, -0.15) is 0 Å². The fourth-order valence-corrected chi connectivity index (χ4v) is 6.18. The second-order valence-electron chi connectivity index (χ2n) is 10.8. The summed E-state index contributed by atoms with van der Waals surface area (Å²) in [5, 5.41) is 2.76. The molecule has 0 saturated carbocycles. The van der Waals surface area contributed by atoms with Crippen molar-refractivity contribution in [3.8, 4) is 44.5 Å². The average Bonchev–Trinajstić information content (AvgIpc) is 3.63. The highest BCUT2D eigenvalue weighted by atomic mass is 16.3.